The van der Waals surface area contributed by atoms with Crippen LogP contribution in [0.1, 0.15) is 25.1 Å². The van der Waals surface area contributed by atoms with E-state index in [2.05, 4.69) is 36.3 Å². The van der Waals surface area contributed by atoms with Crippen LogP contribution in [-0.4, -0.2) is 35.5 Å². The Labute approximate surface area is 114 Å². The summed E-state index contributed by atoms with van der Waals surface area (Å²) in [4.78, 5) is 3.94. The van der Waals surface area contributed by atoms with Crippen LogP contribution in [0.5, 0.6) is 0 Å². The average molecular weight is 272 g/mol. The normalized spacial score (nSPS) is 13.2. The first-order chi connectivity index (χ1) is 8.31. The molecule has 0 aliphatic rings. The molecule has 1 rings (SSSR count). The average Bonchev–Trinajstić information content (AvgIpc) is 2.85. The van der Waals surface area contributed by atoms with Gasteiger partial charge in [-0.15, -0.1) is 11.3 Å². The van der Waals surface area contributed by atoms with E-state index in [-0.39, 0.29) is 0 Å². The lowest BCUT2D eigenvalue weighted by molar-refractivity contribution is 0.199. The Balaban J connectivity index is 2.44. The van der Waals surface area contributed by atoms with E-state index in [9.17, 15) is 0 Å². The molecule has 1 atom stereocenters. The zero-order valence-corrected chi connectivity index (χ0v) is 12.5. The van der Waals surface area contributed by atoms with Gasteiger partial charge in [-0.25, -0.2) is 0 Å². The van der Waals surface area contributed by atoms with Gasteiger partial charge in [-0.3, -0.25) is 4.90 Å². The minimum atomic E-state index is 0.529. The van der Waals surface area contributed by atoms with Crippen molar-refractivity contribution >= 4 is 23.1 Å². The van der Waals surface area contributed by atoms with E-state index in [4.69, 9.17) is 5.73 Å². The fraction of sp³-hybridized carbons (Fsp3) is 0.692. The lowest BCUT2D eigenvalue weighted by atomic mass is 10.2. The maximum Gasteiger partial charge on any atom is 0.0331 e. The zero-order valence-electron chi connectivity index (χ0n) is 10.9. The predicted octanol–water partition coefficient (Wildman–Crippen LogP) is 3.04. The van der Waals surface area contributed by atoms with Crippen LogP contribution in [0.4, 0.5) is 0 Å². The molecule has 0 aromatic carbocycles. The number of hydrogen-bond acceptors (Lipinski definition) is 4. The predicted molar refractivity (Wildman–Crippen MR) is 80.9 cm³/mol. The molecule has 0 spiro atoms. The Morgan fingerprint density at radius 3 is 2.82 bits per heavy atom. The summed E-state index contributed by atoms with van der Waals surface area (Å²) in [5, 5.41) is 2.15. The highest BCUT2D eigenvalue weighted by Gasteiger charge is 2.15. The molecule has 1 aromatic rings. The van der Waals surface area contributed by atoms with Crippen molar-refractivity contribution in [1.29, 1.82) is 0 Å². The van der Waals surface area contributed by atoms with E-state index in [0.717, 1.165) is 19.6 Å². The zero-order chi connectivity index (χ0) is 12.5. The molecule has 0 amide bonds. The third kappa shape index (κ3) is 5.42. The van der Waals surface area contributed by atoms with E-state index in [1.165, 1.54) is 22.8 Å². The van der Waals surface area contributed by atoms with Gasteiger partial charge in [0, 0.05) is 24.0 Å². The highest BCUT2D eigenvalue weighted by atomic mass is 32.2. The summed E-state index contributed by atoms with van der Waals surface area (Å²) in [7, 11) is 0. The molecule has 2 nitrogen and oxygen atoms in total. The van der Waals surface area contributed by atoms with Gasteiger partial charge in [0.05, 0.1) is 0 Å². The number of likely N-dealkylation sites (N-methyl/N-ethyl adjacent to an activating group) is 1. The van der Waals surface area contributed by atoms with Crippen molar-refractivity contribution in [3.8, 4) is 0 Å². The van der Waals surface area contributed by atoms with Gasteiger partial charge in [-0.1, -0.05) is 19.9 Å². The molecule has 0 bridgehead atoms. The SMILES string of the molecule is CCSCCC(CN)N(CC)Cc1cccs1. The molecule has 0 aliphatic heterocycles. The van der Waals surface area contributed by atoms with Gasteiger partial charge in [0.25, 0.3) is 0 Å². The highest BCUT2D eigenvalue weighted by molar-refractivity contribution is 7.99. The summed E-state index contributed by atoms with van der Waals surface area (Å²) in [5.41, 5.74) is 5.91. The van der Waals surface area contributed by atoms with Crippen LogP contribution in [-0.2, 0) is 6.54 Å². The maximum atomic E-state index is 5.91. The Morgan fingerprint density at radius 1 is 1.47 bits per heavy atom. The number of nitrogens with two attached hydrogens (primary N) is 1. The van der Waals surface area contributed by atoms with Gasteiger partial charge in [0.1, 0.15) is 0 Å². The van der Waals surface area contributed by atoms with Crippen molar-refractivity contribution in [2.24, 2.45) is 5.73 Å². The van der Waals surface area contributed by atoms with Gasteiger partial charge in [-0.2, -0.15) is 11.8 Å². The Hall–Kier alpha value is -0.0300. The minimum Gasteiger partial charge on any atom is -0.329 e. The van der Waals surface area contributed by atoms with Gasteiger partial charge >= 0.3 is 0 Å². The van der Waals surface area contributed by atoms with Crippen LogP contribution < -0.4 is 5.73 Å². The lowest BCUT2D eigenvalue weighted by Crippen LogP contribution is -2.40. The molecular weight excluding hydrogens is 248 g/mol. The van der Waals surface area contributed by atoms with Crippen LogP contribution in [0.25, 0.3) is 0 Å². The minimum absolute atomic E-state index is 0.529. The van der Waals surface area contributed by atoms with Crippen LogP contribution in [0.15, 0.2) is 17.5 Å². The van der Waals surface area contributed by atoms with E-state index < -0.39 is 0 Å². The fourth-order valence-electron chi connectivity index (χ4n) is 1.92. The summed E-state index contributed by atoms with van der Waals surface area (Å²) in [6.45, 7) is 7.33. The first-order valence-electron chi connectivity index (χ1n) is 6.36. The first kappa shape index (κ1) is 15.0. The topological polar surface area (TPSA) is 29.3 Å². The number of thioether (sulfide) groups is 1. The van der Waals surface area contributed by atoms with Crippen molar-refractivity contribution in [3.05, 3.63) is 22.4 Å². The third-order valence-corrected chi connectivity index (χ3v) is 4.73. The molecule has 0 fully saturated rings. The third-order valence-electron chi connectivity index (χ3n) is 2.93. The van der Waals surface area contributed by atoms with Crippen molar-refractivity contribution in [2.45, 2.75) is 32.9 Å². The van der Waals surface area contributed by atoms with Crippen molar-refractivity contribution in [3.63, 3.8) is 0 Å². The van der Waals surface area contributed by atoms with Gasteiger partial charge in [0.15, 0.2) is 0 Å². The van der Waals surface area contributed by atoms with Crippen molar-refractivity contribution < 1.29 is 0 Å². The molecule has 0 saturated carbocycles. The standard InChI is InChI=1S/C13H24N2S2/c1-3-15(11-13-6-5-8-17-13)12(10-14)7-9-16-4-2/h5-6,8,12H,3-4,7,9-11,14H2,1-2H3. The molecule has 17 heavy (non-hydrogen) atoms. The second-order valence-corrected chi connectivity index (χ2v) is 6.44. The molecule has 4 heteroatoms. The van der Waals surface area contributed by atoms with Crippen LogP contribution in [0, 0.1) is 0 Å². The molecule has 0 aliphatic carbocycles. The molecular formula is C13H24N2S2. The second kappa shape index (κ2) is 8.97. The van der Waals surface area contributed by atoms with Crippen LogP contribution in [0.3, 0.4) is 0 Å². The summed E-state index contributed by atoms with van der Waals surface area (Å²) >= 11 is 3.84. The highest BCUT2D eigenvalue weighted by Crippen LogP contribution is 2.16. The van der Waals surface area contributed by atoms with Gasteiger partial charge < -0.3 is 5.73 Å². The Bertz CT molecular complexity index is 275. The number of thiophene rings is 1. The fourth-order valence-corrected chi connectivity index (χ4v) is 3.37. The first-order valence-corrected chi connectivity index (χ1v) is 8.39. The molecule has 1 unspecified atom stereocenters. The summed E-state index contributed by atoms with van der Waals surface area (Å²) in [6, 6.07) is 4.86. The quantitative estimate of drug-likeness (QED) is 0.701. The van der Waals surface area contributed by atoms with E-state index in [1.807, 2.05) is 23.1 Å². The van der Waals surface area contributed by atoms with E-state index in [1.54, 1.807) is 0 Å². The summed E-state index contributed by atoms with van der Waals surface area (Å²) in [5.74, 6) is 2.42. The van der Waals surface area contributed by atoms with Crippen LogP contribution in [0.2, 0.25) is 0 Å². The van der Waals surface area contributed by atoms with Crippen LogP contribution >= 0.6 is 23.1 Å². The number of rotatable bonds is 9. The molecule has 1 aromatic heterocycles. The number of hydrogen-bond donors (Lipinski definition) is 1. The second-order valence-electron chi connectivity index (χ2n) is 4.02. The van der Waals surface area contributed by atoms with E-state index in [0.29, 0.717) is 6.04 Å². The Morgan fingerprint density at radius 2 is 2.29 bits per heavy atom. The molecule has 1 heterocycles. The van der Waals surface area contributed by atoms with Gasteiger partial charge in [-0.05, 0) is 35.9 Å². The lowest BCUT2D eigenvalue weighted by Gasteiger charge is -2.29. The van der Waals surface area contributed by atoms with Crippen molar-refractivity contribution in [2.75, 3.05) is 24.6 Å². The van der Waals surface area contributed by atoms with E-state index >= 15 is 0 Å². The summed E-state index contributed by atoms with van der Waals surface area (Å²) < 4.78 is 0. The number of nitrogens with zero attached hydrogens (tertiary/aromatic N) is 1. The monoisotopic (exact) mass is 272 g/mol. The van der Waals surface area contributed by atoms with Gasteiger partial charge in [0.2, 0.25) is 0 Å². The largest absolute Gasteiger partial charge is 0.329 e. The summed E-state index contributed by atoms with van der Waals surface area (Å²) in [6.07, 6.45) is 1.20. The Kier molecular flexibility index (Phi) is 7.93. The molecule has 0 radical (unpaired) electrons. The molecule has 2 N–H and O–H groups in total. The molecule has 98 valence electrons. The maximum absolute atomic E-state index is 5.91. The smallest absolute Gasteiger partial charge is 0.0331 e. The van der Waals surface area contributed by atoms with Crippen molar-refractivity contribution in [1.82, 2.24) is 4.90 Å². The molecule has 0 saturated heterocycles.